The zero-order valence-corrected chi connectivity index (χ0v) is 12.4. The van der Waals surface area contributed by atoms with Gasteiger partial charge in [-0.05, 0) is 43.0 Å². The fourth-order valence-corrected chi connectivity index (χ4v) is 4.09. The Morgan fingerprint density at radius 1 is 1.35 bits per heavy atom. The van der Waals surface area contributed by atoms with Crippen LogP contribution in [0, 0.1) is 0 Å². The summed E-state index contributed by atoms with van der Waals surface area (Å²) < 4.78 is 27.7. The molecule has 20 heavy (non-hydrogen) atoms. The fraction of sp³-hybridized carbons (Fsp3) is 0.500. The highest BCUT2D eigenvalue weighted by atomic mass is 32.2. The molecule has 0 N–H and O–H groups in total. The molecule has 1 aromatic carbocycles. The summed E-state index contributed by atoms with van der Waals surface area (Å²) in [6.45, 7) is 0.540. The van der Waals surface area contributed by atoms with Crippen LogP contribution < -0.4 is 9.64 Å². The lowest BCUT2D eigenvalue weighted by atomic mass is 10.1. The van der Waals surface area contributed by atoms with E-state index in [4.69, 9.17) is 4.74 Å². The van der Waals surface area contributed by atoms with Gasteiger partial charge in [0.2, 0.25) is 5.91 Å². The number of fused-ring (bicyclic) bond motifs is 1. The number of sulfone groups is 1. The van der Waals surface area contributed by atoms with E-state index in [1.54, 1.807) is 18.1 Å². The van der Waals surface area contributed by atoms with Gasteiger partial charge < -0.3 is 9.64 Å². The van der Waals surface area contributed by atoms with Crippen LogP contribution >= 0.6 is 0 Å². The number of hydrogen-bond acceptors (Lipinski definition) is 4. The molecule has 0 aromatic heterocycles. The summed E-state index contributed by atoms with van der Waals surface area (Å²) in [5, 5.41) is 0. The number of methoxy groups -OCH3 is 1. The minimum absolute atomic E-state index is 0.274. The van der Waals surface area contributed by atoms with Crippen molar-refractivity contribution in [3.05, 3.63) is 23.8 Å². The number of nitrogens with zero attached hydrogens (tertiary/aromatic N) is 1. The van der Waals surface area contributed by atoms with Crippen LogP contribution in [0.25, 0.3) is 0 Å². The first-order chi connectivity index (χ1) is 9.39. The molecule has 1 fully saturated rings. The molecule has 108 valence electrons. The summed E-state index contributed by atoms with van der Waals surface area (Å²) in [4.78, 5) is 14.2. The molecule has 1 amide bonds. The SMILES string of the molecule is COc1ccc2c(c1)CCN2C(=O)C1(S(C)(=O)=O)CC1. The van der Waals surface area contributed by atoms with Crippen LogP contribution in [0.4, 0.5) is 5.69 Å². The summed E-state index contributed by atoms with van der Waals surface area (Å²) >= 11 is 0. The predicted molar refractivity (Wildman–Crippen MR) is 75.9 cm³/mol. The lowest BCUT2D eigenvalue weighted by Gasteiger charge is -2.22. The molecule has 0 atom stereocenters. The van der Waals surface area contributed by atoms with Crippen LogP contribution in [0.3, 0.4) is 0 Å². The highest BCUT2D eigenvalue weighted by molar-refractivity contribution is 7.93. The number of hydrogen-bond donors (Lipinski definition) is 0. The van der Waals surface area contributed by atoms with Crippen LogP contribution in [0.1, 0.15) is 18.4 Å². The van der Waals surface area contributed by atoms with E-state index in [1.807, 2.05) is 12.1 Å². The average Bonchev–Trinajstić information content (AvgIpc) is 3.12. The van der Waals surface area contributed by atoms with Crippen LogP contribution in [0.2, 0.25) is 0 Å². The second kappa shape index (κ2) is 4.22. The first-order valence-corrected chi connectivity index (χ1v) is 8.47. The number of amides is 1. The zero-order valence-electron chi connectivity index (χ0n) is 11.5. The maximum Gasteiger partial charge on any atom is 0.248 e. The molecule has 1 aliphatic carbocycles. The van der Waals surface area contributed by atoms with E-state index in [1.165, 1.54) is 0 Å². The summed E-state index contributed by atoms with van der Waals surface area (Å²) in [5.74, 6) is 0.478. The molecule has 1 aromatic rings. The highest BCUT2D eigenvalue weighted by Crippen LogP contribution is 2.46. The molecule has 1 heterocycles. The van der Waals surface area contributed by atoms with Crippen molar-refractivity contribution in [3.63, 3.8) is 0 Å². The minimum Gasteiger partial charge on any atom is -0.497 e. The Morgan fingerprint density at radius 2 is 2.05 bits per heavy atom. The van der Waals surface area contributed by atoms with Crippen molar-refractivity contribution in [2.75, 3.05) is 24.8 Å². The first-order valence-electron chi connectivity index (χ1n) is 6.57. The standard InChI is InChI=1S/C14H17NO4S/c1-19-11-3-4-12-10(9-11)5-8-15(12)13(16)14(6-7-14)20(2,17)18/h3-4,9H,5-8H2,1-2H3. The quantitative estimate of drug-likeness (QED) is 0.839. The van der Waals surface area contributed by atoms with E-state index in [2.05, 4.69) is 0 Å². The van der Waals surface area contributed by atoms with Gasteiger partial charge in [0.15, 0.2) is 14.6 Å². The maximum atomic E-state index is 12.6. The lowest BCUT2D eigenvalue weighted by Crippen LogP contribution is -2.44. The monoisotopic (exact) mass is 295 g/mol. The average molecular weight is 295 g/mol. The topological polar surface area (TPSA) is 63.7 Å². The molecule has 6 heteroatoms. The van der Waals surface area contributed by atoms with Gasteiger partial charge >= 0.3 is 0 Å². The normalized spacial score (nSPS) is 19.6. The van der Waals surface area contributed by atoms with Crippen molar-refractivity contribution in [1.29, 1.82) is 0 Å². The number of anilines is 1. The summed E-state index contributed by atoms with van der Waals surface area (Å²) in [6.07, 6.45) is 2.76. The minimum atomic E-state index is -3.36. The van der Waals surface area contributed by atoms with Gasteiger partial charge in [-0.15, -0.1) is 0 Å². The van der Waals surface area contributed by atoms with Crippen molar-refractivity contribution in [1.82, 2.24) is 0 Å². The van der Waals surface area contributed by atoms with Crippen LogP contribution in [0.15, 0.2) is 18.2 Å². The van der Waals surface area contributed by atoms with Gasteiger partial charge in [0.25, 0.3) is 0 Å². The predicted octanol–water partition coefficient (Wildman–Crippen LogP) is 1.16. The number of ether oxygens (including phenoxy) is 1. The molecule has 0 unspecified atom stereocenters. The zero-order chi connectivity index (χ0) is 14.5. The Hall–Kier alpha value is -1.56. The largest absolute Gasteiger partial charge is 0.497 e. The summed E-state index contributed by atoms with van der Waals surface area (Å²) in [7, 11) is -1.76. The number of rotatable bonds is 3. The van der Waals surface area contributed by atoms with E-state index in [-0.39, 0.29) is 5.91 Å². The van der Waals surface area contributed by atoms with Crippen molar-refractivity contribution < 1.29 is 17.9 Å². The van der Waals surface area contributed by atoms with Crippen molar-refractivity contribution in [3.8, 4) is 5.75 Å². The third kappa shape index (κ3) is 1.82. The van der Waals surface area contributed by atoms with E-state index >= 15 is 0 Å². The number of carbonyl (C=O) groups is 1. The second-order valence-corrected chi connectivity index (χ2v) is 7.79. The van der Waals surface area contributed by atoms with Crippen LogP contribution in [0.5, 0.6) is 5.75 Å². The Balaban J connectivity index is 1.94. The molecule has 0 radical (unpaired) electrons. The second-order valence-electron chi connectivity index (χ2n) is 5.47. The number of carbonyl (C=O) groups excluding carboxylic acids is 1. The molecule has 0 saturated heterocycles. The van der Waals surface area contributed by atoms with Gasteiger partial charge in [0.1, 0.15) is 5.75 Å². The van der Waals surface area contributed by atoms with Gasteiger partial charge in [-0.25, -0.2) is 8.42 Å². The molecule has 2 aliphatic rings. The Labute approximate surface area is 118 Å². The molecular formula is C14H17NO4S. The smallest absolute Gasteiger partial charge is 0.248 e. The van der Waals surface area contributed by atoms with E-state index < -0.39 is 14.6 Å². The lowest BCUT2D eigenvalue weighted by molar-refractivity contribution is -0.118. The van der Waals surface area contributed by atoms with Gasteiger partial charge in [-0.3, -0.25) is 4.79 Å². The van der Waals surface area contributed by atoms with Crippen molar-refractivity contribution in [2.24, 2.45) is 0 Å². The fourth-order valence-electron chi connectivity index (χ4n) is 2.82. The molecule has 1 saturated carbocycles. The number of benzene rings is 1. The van der Waals surface area contributed by atoms with E-state index in [9.17, 15) is 13.2 Å². The molecule has 0 spiro atoms. The van der Waals surface area contributed by atoms with Gasteiger partial charge in [-0.2, -0.15) is 0 Å². The van der Waals surface area contributed by atoms with Crippen molar-refractivity contribution in [2.45, 2.75) is 24.0 Å². The van der Waals surface area contributed by atoms with Gasteiger partial charge in [0, 0.05) is 18.5 Å². The third-order valence-electron chi connectivity index (χ3n) is 4.23. The van der Waals surface area contributed by atoms with E-state index in [0.717, 1.165) is 29.7 Å². The first kappa shape index (κ1) is 13.4. The van der Waals surface area contributed by atoms with Crippen LogP contribution in [-0.4, -0.2) is 39.0 Å². The third-order valence-corrected chi connectivity index (χ3v) is 6.23. The highest BCUT2D eigenvalue weighted by Gasteiger charge is 2.60. The Bertz CT molecular complexity index is 676. The van der Waals surface area contributed by atoms with Crippen LogP contribution in [-0.2, 0) is 21.1 Å². The van der Waals surface area contributed by atoms with Gasteiger partial charge in [0.05, 0.1) is 7.11 Å². The Morgan fingerprint density at radius 3 is 2.60 bits per heavy atom. The summed E-state index contributed by atoms with van der Waals surface area (Å²) in [6, 6.07) is 5.53. The molecule has 5 nitrogen and oxygen atoms in total. The molecular weight excluding hydrogens is 278 g/mol. The van der Waals surface area contributed by atoms with Gasteiger partial charge in [-0.1, -0.05) is 0 Å². The molecule has 3 rings (SSSR count). The van der Waals surface area contributed by atoms with Crippen molar-refractivity contribution >= 4 is 21.4 Å². The maximum absolute atomic E-state index is 12.6. The van der Waals surface area contributed by atoms with E-state index in [0.29, 0.717) is 19.4 Å². The Kier molecular flexibility index (Phi) is 2.83. The summed E-state index contributed by atoms with van der Waals surface area (Å²) in [5.41, 5.74) is 1.84. The molecule has 1 aliphatic heterocycles. The molecule has 0 bridgehead atoms.